The number of ether oxygens (including phenoxy) is 1. The number of anilines is 2. The Kier molecular flexibility index (Phi) is 4.62. The Hall–Kier alpha value is -3.52. The Morgan fingerprint density at radius 1 is 0.893 bits per heavy atom. The van der Waals surface area contributed by atoms with Gasteiger partial charge in [0, 0.05) is 5.69 Å². The molecule has 0 aliphatic heterocycles. The molecular weight excluding hydrogens is 376 g/mol. The number of nitrogens with one attached hydrogen (secondary N) is 2. The lowest BCUT2D eigenvalue weighted by atomic mass is 10.3. The van der Waals surface area contributed by atoms with Crippen LogP contribution in [0.1, 0.15) is 0 Å². The van der Waals surface area contributed by atoms with Gasteiger partial charge in [0.1, 0.15) is 5.75 Å². The van der Waals surface area contributed by atoms with Crippen molar-refractivity contribution in [2.24, 2.45) is 0 Å². The number of imidazole rings is 1. The first kappa shape index (κ1) is 17.9. The van der Waals surface area contributed by atoms with Crippen LogP contribution in [0, 0.1) is 0 Å². The molecule has 2 N–H and O–H groups in total. The number of benzene rings is 3. The van der Waals surface area contributed by atoms with Crippen LogP contribution >= 0.6 is 0 Å². The number of rotatable bonds is 6. The number of fused-ring (bicyclic) bond motifs is 1. The first-order chi connectivity index (χ1) is 13.6. The molecule has 0 amide bonds. The van der Waals surface area contributed by atoms with Crippen molar-refractivity contribution in [1.82, 2.24) is 9.66 Å². The lowest BCUT2D eigenvalue weighted by Gasteiger charge is -2.14. The fourth-order valence-corrected chi connectivity index (χ4v) is 3.81. The molecule has 28 heavy (non-hydrogen) atoms. The molecule has 0 bridgehead atoms. The Bertz CT molecular complexity index is 1200. The first-order valence-corrected chi connectivity index (χ1v) is 10.0. The summed E-state index contributed by atoms with van der Waals surface area (Å²) < 4.78 is 32.4. The van der Waals surface area contributed by atoms with Crippen molar-refractivity contribution in [3.63, 3.8) is 0 Å². The van der Waals surface area contributed by atoms with Crippen LogP contribution in [0.4, 0.5) is 11.6 Å². The molecule has 0 aliphatic rings. The van der Waals surface area contributed by atoms with E-state index < -0.39 is 10.0 Å². The molecule has 4 aromatic rings. The third-order valence-electron chi connectivity index (χ3n) is 4.17. The second-order valence-corrected chi connectivity index (χ2v) is 7.68. The third kappa shape index (κ3) is 3.49. The van der Waals surface area contributed by atoms with Crippen LogP contribution < -0.4 is 14.9 Å². The standard InChI is InChI=1S/C20H18N4O3S/c1-27-16-11-13-17(14-12-16)28(25,26)23-24-19-10-6-5-9-18(19)22-20(24)21-15-7-3-2-4-8-15/h2-14,23H,1H3,(H,21,22). The molecule has 3 aromatic carbocycles. The zero-order chi connectivity index (χ0) is 19.6. The van der Waals surface area contributed by atoms with Gasteiger partial charge in [-0.25, -0.2) is 14.5 Å². The topological polar surface area (TPSA) is 85.2 Å². The number of nitrogens with zero attached hydrogens (tertiary/aromatic N) is 2. The van der Waals surface area contributed by atoms with Crippen molar-refractivity contribution < 1.29 is 13.2 Å². The molecule has 0 fully saturated rings. The molecule has 0 saturated carbocycles. The molecule has 0 saturated heterocycles. The van der Waals surface area contributed by atoms with Crippen molar-refractivity contribution in [1.29, 1.82) is 0 Å². The van der Waals surface area contributed by atoms with Gasteiger partial charge in [-0.1, -0.05) is 30.3 Å². The molecule has 1 aromatic heterocycles. The zero-order valence-electron chi connectivity index (χ0n) is 15.0. The van der Waals surface area contributed by atoms with Gasteiger partial charge in [0.05, 0.1) is 23.0 Å². The summed E-state index contributed by atoms with van der Waals surface area (Å²) in [6, 6.07) is 22.9. The van der Waals surface area contributed by atoms with Gasteiger partial charge in [-0.3, -0.25) is 0 Å². The smallest absolute Gasteiger partial charge is 0.275 e. The van der Waals surface area contributed by atoms with Crippen molar-refractivity contribution in [2.45, 2.75) is 4.90 Å². The molecule has 8 heteroatoms. The molecule has 0 unspecified atom stereocenters. The second kappa shape index (κ2) is 7.24. The maximum Gasteiger partial charge on any atom is 0.275 e. The van der Waals surface area contributed by atoms with Crippen LogP contribution in [0.3, 0.4) is 0 Å². The van der Waals surface area contributed by atoms with E-state index in [1.165, 1.54) is 23.9 Å². The van der Waals surface area contributed by atoms with Crippen LogP contribution in [0.2, 0.25) is 0 Å². The van der Waals surface area contributed by atoms with E-state index in [0.29, 0.717) is 22.7 Å². The molecule has 7 nitrogen and oxygen atoms in total. The lowest BCUT2D eigenvalue weighted by molar-refractivity contribution is 0.414. The summed E-state index contributed by atoms with van der Waals surface area (Å²) in [6.07, 6.45) is 0. The van der Waals surface area contributed by atoms with E-state index in [1.807, 2.05) is 48.5 Å². The van der Waals surface area contributed by atoms with E-state index in [1.54, 1.807) is 18.2 Å². The van der Waals surface area contributed by atoms with Gasteiger partial charge in [0.15, 0.2) is 0 Å². The number of sulfonamides is 1. The number of hydrogen-bond acceptors (Lipinski definition) is 5. The Balaban J connectivity index is 1.75. The Labute approximate surface area is 162 Å². The van der Waals surface area contributed by atoms with Gasteiger partial charge in [0.25, 0.3) is 10.0 Å². The van der Waals surface area contributed by atoms with Gasteiger partial charge in [-0.15, -0.1) is 0 Å². The highest BCUT2D eigenvalue weighted by molar-refractivity contribution is 7.92. The lowest BCUT2D eigenvalue weighted by Crippen LogP contribution is -2.24. The van der Waals surface area contributed by atoms with Crippen molar-refractivity contribution >= 4 is 32.7 Å². The zero-order valence-corrected chi connectivity index (χ0v) is 15.8. The second-order valence-electron chi connectivity index (χ2n) is 6.02. The predicted molar refractivity (Wildman–Crippen MR) is 109 cm³/mol. The number of aromatic nitrogens is 2. The largest absolute Gasteiger partial charge is 0.497 e. The fourth-order valence-electron chi connectivity index (χ4n) is 2.78. The SMILES string of the molecule is COc1ccc(S(=O)(=O)Nn2c(Nc3ccccc3)nc3ccccc32)cc1. The van der Waals surface area contributed by atoms with E-state index in [0.717, 1.165) is 5.69 Å². The minimum absolute atomic E-state index is 0.122. The summed E-state index contributed by atoms with van der Waals surface area (Å²) >= 11 is 0. The average Bonchev–Trinajstić information content (AvgIpc) is 3.05. The first-order valence-electron chi connectivity index (χ1n) is 8.53. The van der Waals surface area contributed by atoms with E-state index >= 15 is 0 Å². The maximum absolute atomic E-state index is 12.9. The predicted octanol–water partition coefficient (Wildman–Crippen LogP) is 3.72. The highest BCUT2D eigenvalue weighted by Crippen LogP contribution is 2.23. The van der Waals surface area contributed by atoms with Gasteiger partial charge >= 0.3 is 0 Å². The van der Waals surface area contributed by atoms with Crippen LogP contribution in [0.25, 0.3) is 11.0 Å². The summed E-state index contributed by atoms with van der Waals surface area (Å²) in [5.41, 5.74) is 2.10. The van der Waals surface area contributed by atoms with E-state index in [-0.39, 0.29) is 4.90 Å². The van der Waals surface area contributed by atoms with Gasteiger partial charge < -0.3 is 10.1 Å². The number of methoxy groups -OCH3 is 1. The average molecular weight is 394 g/mol. The normalized spacial score (nSPS) is 11.3. The molecule has 0 spiro atoms. The molecule has 4 rings (SSSR count). The molecule has 0 atom stereocenters. The third-order valence-corrected chi connectivity index (χ3v) is 5.49. The quantitative estimate of drug-likeness (QED) is 0.521. The fraction of sp³-hybridized carbons (Fsp3) is 0.0500. The van der Waals surface area contributed by atoms with Crippen LogP contribution in [-0.2, 0) is 10.0 Å². The van der Waals surface area contributed by atoms with Gasteiger partial charge in [0.2, 0.25) is 5.95 Å². The molecule has 0 aliphatic carbocycles. The van der Waals surface area contributed by atoms with Crippen molar-refractivity contribution in [3.8, 4) is 5.75 Å². The minimum atomic E-state index is -3.84. The van der Waals surface area contributed by atoms with E-state index in [2.05, 4.69) is 15.1 Å². The molecule has 0 radical (unpaired) electrons. The molecule has 142 valence electrons. The number of para-hydroxylation sites is 3. The van der Waals surface area contributed by atoms with Crippen LogP contribution in [0.5, 0.6) is 5.75 Å². The Morgan fingerprint density at radius 2 is 1.57 bits per heavy atom. The van der Waals surface area contributed by atoms with E-state index in [4.69, 9.17) is 4.74 Å². The Morgan fingerprint density at radius 3 is 2.29 bits per heavy atom. The van der Waals surface area contributed by atoms with Crippen molar-refractivity contribution in [2.75, 3.05) is 17.3 Å². The molecule has 1 heterocycles. The van der Waals surface area contributed by atoms with Gasteiger partial charge in [-0.2, -0.15) is 8.42 Å². The molecular formula is C20H18N4O3S. The summed E-state index contributed by atoms with van der Waals surface area (Å²) in [5.74, 6) is 0.947. The minimum Gasteiger partial charge on any atom is -0.497 e. The summed E-state index contributed by atoms with van der Waals surface area (Å²) in [4.78, 5) is 7.25. The summed E-state index contributed by atoms with van der Waals surface area (Å²) in [6.45, 7) is 0. The summed E-state index contributed by atoms with van der Waals surface area (Å²) in [7, 11) is -2.31. The highest BCUT2D eigenvalue weighted by atomic mass is 32.2. The van der Waals surface area contributed by atoms with Gasteiger partial charge in [-0.05, 0) is 48.5 Å². The maximum atomic E-state index is 12.9. The van der Waals surface area contributed by atoms with Crippen molar-refractivity contribution in [3.05, 3.63) is 78.9 Å². The van der Waals surface area contributed by atoms with E-state index in [9.17, 15) is 8.42 Å². The van der Waals surface area contributed by atoms with Crippen LogP contribution in [-0.4, -0.2) is 25.2 Å². The number of hydrogen-bond donors (Lipinski definition) is 2. The highest BCUT2D eigenvalue weighted by Gasteiger charge is 2.19. The monoisotopic (exact) mass is 394 g/mol. The summed E-state index contributed by atoms with van der Waals surface area (Å²) in [5, 5.41) is 3.16. The van der Waals surface area contributed by atoms with Crippen LogP contribution in [0.15, 0.2) is 83.8 Å².